The summed E-state index contributed by atoms with van der Waals surface area (Å²) in [5.74, 6) is -0.461. The van der Waals surface area contributed by atoms with Crippen molar-refractivity contribution in [3.05, 3.63) is 58.7 Å². The molecule has 6 heteroatoms. The van der Waals surface area contributed by atoms with E-state index in [-0.39, 0.29) is 31.3 Å². The number of carbonyl (C=O) groups excluding carboxylic acids is 2. The van der Waals surface area contributed by atoms with Gasteiger partial charge in [-0.2, -0.15) is 0 Å². The number of rotatable bonds is 6. The Hall–Kier alpha value is -2.70. The Labute approximate surface area is 145 Å². The summed E-state index contributed by atoms with van der Waals surface area (Å²) in [6.45, 7) is 2.09. The highest BCUT2D eigenvalue weighted by Gasteiger charge is 2.33. The molecule has 2 aromatic carbocycles. The lowest BCUT2D eigenvalue weighted by Crippen LogP contribution is -2.26. The first-order chi connectivity index (χ1) is 12.0. The van der Waals surface area contributed by atoms with Gasteiger partial charge >= 0.3 is 0 Å². The van der Waals surface area contributed by atoms with Crippen molar-refractivity contribution in [1.29, 1.82) is 0 Å². The lowest BCUT2D eigenvalue weighted by Gasteiger charge is -2.24. The first-order valence-corrected chi connectivity index (χ1v) is 8.16. The number of aliphatic hydroxyl groups is 2. The summed E-state index contributed by atoms with van der Waals surface area (Å²) in [5, 5.41) is 24.6. The van der Waals surface area contributed by atoms with Crippen molar-refractivity contribution in [2.45, 2.75) is 13.0 Å². The van der Waals surface area contributed by atoms with Crippen LogP contribution in [0.5, 0.6) is 0 Å². The molecule has 0 heterocycles. The number of hydrogen-bond donors (Lipinski definition) is 4. The molecule has 0 aliphatic heterocycles. The molecule has 4 N–H and O–H groups in total. The molecule has 0 aromatic heterocycles. The predicted octanol–water partition coefficient (Wildman–Crippen LogP) is 1.66. The average molecular weight is 340 g/mol. The SMILES string of the molecule is CC(O)CNc1ccc(NCCO)c2c1C(=O)c1ccccc1C2=O. The van der Waals surface area contributed by atoms with E-state index in [0.29, 0.717) is 33.6 Å². The van der Waals surface area contributed by atoms with Gasteiger partial charge in [0.05, 0.1) is 23.8 Å². The van der Waals surface area contributed by atoms with Gasteiger partial charge in [-0.15, -0.1) is 0 Å². The van der Waals surface area contributed by atoms with Crippen LogP contribution in [0.4, 0.5) is 11.4 Å². The smallest absolute Gasteiger partial charge is 0.196 e. The molecule has 0 amide bonds. The second-order valence-electron chi connectivity index (χ2n) is 5.99. The van der Waals surface area contributed by atoms with Crippen molar-refractivity contribution in [1.82, 2.24) is 0 Å². The number of aliphatic hydroxyl groups excluding tert-OH is 2. The minimum atomic E-state index is -0.593. The summed E-state index contributed by atoms with van der Waals surface area (Å²) in [6, 6.07) is 10.2. The molecular weight excluding hydrogens is 320 g/mol. The van der Waals surface area contributed by atoms with Crippen LogP contribution in [-0.2, 0) is 0 Å². The van der Waals surface area contributed by atoms with Crippen LogP contribution in [0.25, 0.3) is 0 Å². The Morgan fingerprint density at radius 3 is 1.92 bits per heavy atom. The highest BCUT2D eigenvalue weighted by molar-refractivity contribution is 6.31. The maximum atomic E-state index is 13.0. The van der Waals surface area contributed by atoms with Gasteiger partial charge in [-0.1, -0.05) is 24.3 Å². The van der Waals surface area contributed by atoms with Gasteiger partial charge < -0.3 is 20.8 Å². The molecule has 1 aliphatic carbocycles. The van der Waals surface area contributed by atoms with Crippen LogP contribution in [0.3, 0.4) is 0 Å². The summed E-state index contributed by atoms with van der Waals surface area (Å²) in [4.78, 5) is 26.0. The molecule has 1 unspecified atom stereocenters. The van der Waals surface area contributed by atoms with E-state index in [0.717, 1.165) is 0 Å². The van der Waals surface area contributed by atoms with Crippen LogP contribution in [0, 0.1) is 0 Å². The zero-order valence-electron chi connectivity index (χ0n) is 13.9. The van der Waals surface area contributed by atoms with Gasteiger partial charge in [-0.05, 0) is 19.1 Å². The fourth-order valence-corrected chi connectivity index (χ4v) is 2.97. The molecule has 1 aliphatic rings. The molecule has 25 heavy (non-hydrogen) atoms. The van der Waals surface area contributed by atoms with E-state index in [1.165, 1.54) is 0 Å². The van der Waals surface area contributed by atoms with Gasteiger partial charge in [-0.25, -0.2) is 0 Å². The fourth-order valence-electron chi connectivity index (χ4n) is 2.97. The van der Waals surface area contributed by atoms with Crippen LogP contribution in [0.2, 0.25) is 0 Å². The van der Waals surface area contributed by atoms with E-state index in [1.54, 1.807) is 43.3 Å². The molecule has 6 nitrogen and oxygen atoms in total. The van der Waals surface area contributed by atoms with Gasteiger partial charge in [0.15, 0.2) is 11.6 Å². The summed E-state index contributed by atoms with van der Waals surface area (Å²) < 4.78 is 0. The van der Waals surface area contributed by atoms with Crippen LogP contribution in [-0.4, -0.2) is 47.6 Å². The average Bonchev–Trinajstić information content (AvgIpc) is 2.62. The standard InChI is InChI=1S/C19H20N2O4/c1-11(23)10-21-15-7-6-14(20-8-9-22)16-17(15)19(25)13-5-3-2-4-12(13)18(16)24/h2-7,11,20-23H,8-10H2,1H3. The lowest BCUT2D eigenvalue weighted by molar-refractivity contribution is 0.0980. The zero-order chi connectivity index (χ0) is 18.0. The van der Waals surface area contributed by atoms with E-state index >= 15 is 0 Å². The monoisotopic (exact) mass is 340 g/mol. The van der Waals surface area contributed by atoms with Crippen molar-refractivity contribution < 1.29 is 19.8 Å². The van der Waals surface area contributed by atoms with E-state index < -0.39 is 6.10 Å². The second kappa shape index (κ2) is 7.04. The molecule has 0 bridgehead atoms. The molecule has 0 saturated heterocycles. The third-order valence-electron chi connectivity index (χ3n) is 4.09. The zero-order valence-corrected chi connectivity index (χ0v) is 13.9. The van der Waals surface area contributed by atoms with Crippen molar-refractivity contribution in [2.24, 2.45) is 0 Å². The Kier molecular flexibility index (Phi) is 4.83. The Bertz CT molecular complexity index is 830. The summed E-state index contributed by atoms with van der Waals surface area (Å²) in [5.41, 5.74) is 2.37. The van der Waals surface area contributed by atoms with Gasteiger partial charge in [0.25, 0.3) is 0 Å². The summed E-state index contributed by atoms with van der Waals surface area (Å²) in [7, 11) is 0. The summed E-state index contributed by atoms with van der Waals surface area (Å²) >= 11 is 0. The van der Waals surface area contributed by atoms with Gasteiger partial charge in [0, 0.05) is 35.6 Å². The van der Waals surface area contributed by atoms with E-state index in [1.807, 2.05) is 0 Å². The van der Waals surface area contributed by atoms with Crippen LogP contribution < -0.4 is 10.6 Å². The van der Waals surface area contributed by atoms with Crippen LogP contribution >= 0.6 is 0 Å². The molecule has 0 radical (unpaired) electrons. The quantitative estimate of drug-likeness (QED) is 0.545. The maximum absolute atomic E-state index is 13.0. The normalized spacial score (nSPS) is 13.9. The van der Waals surface area contributed by atoms with Crippen molar-refractivity contribution in [3.8, 4) is 0 Å². The largest absolute Gasteiger partial charge is 0.395 e. The van der Waals surface area contributed by atoms with Crippen molar-refractivity contribution in [3.63, 3.8) is 0 Å². The molecule has 1 atom stereocenters. The molecule has 3 rings (SSSR count). The minimum absolute atomic E-state index is 0.0878. The molecule has 0 fully saturated rings. The highest BCUT2D eigenvalue weighted by atomic mass is 16.3. The van der Waals surface area contributed by atoms with Crippen LogP contribution in [0.1, 0.15) is 38.8 Å². The van der Waals surface area contributed by atoms with Crippen molar-refractivity contribution >= 4 is 22.9 Å². The third kappa shape index (κ3) is 3.14. The number of fused-ring (bicyclic) bond motifs is 2. The van der Waals surface area contributed by atoms with E-state index in [2.05, 4.69) is 10.6 Å². The molecule has 2 aromatic rings. The fraction of sp³-hybridized carbons (Fsp3) is 0.263. The third-order valence-corrected chi connectivity index (χ3v) is 4.09. The molecule has 130 valence electrons. The molecule has 0 spiro atoms. The highest BCUT2D eigenvalue weighted by Crippen LogP contribution is 2.36. The van der Waals surface area contributed by atoms with Gasteiger partial charge in [0.2, 0.25) is 0 Å². The second-order valence-corrected chi connectivity index (χ2v) is 5.99. The topological polar surface area (TPSA) is 98.7 Å². The number of benzene rings is 2. The number of ketones is 2. The predicted molar refractivity (Wildman–Crippen MR) is 95.5 cm³/mol. The Balaban J connectivity index is 2.15. The minimum Gasteiger partial charge on any atom is -0.395 e. The van der Waals surface area contributed by atoms with E-state index in [4.69, 9.17) is 5.11 Å². The number of nitrogens with one attached hydrogen (secondary N) is 2. The first-order valence-electron chi connectivity index (χ1n) is 8.16. The van der Waals surface area contributed by atoms with E-state index in [9.17, 15) is 14.7 Å². The molecule has 0 saturated carbocycles. The Morgan fingerprint density at radius 1 is 0.920 bits per heavy atom. The van der Waals surface area contributed by atoms with Gasteiger partial charge in [-0.3, -0.25) is 9.59 Å². The number of carbonyl (C=O) groups is 2. The lowest BCUT2D eigenvalue weighted by atomic mass is 9.82. The summed E-state index contributed by atoms with van der Waals surface area (Å²) in [6.07, 6.45) is -0.593. The van der Waals surface area contributed by atoms with Gasteiger partial charge in [0.1, 0.15) is 0 Å². The maximum Gasteiger partial charge on any atom is 0.196 e. The van der Waals surface area contributed by atoms with Crippen molar-refractivity contribution in [2.75, 3.05) is 30.3 Å². The number of hydrogen-bond acceptors (Lipinski definition) is 6. The first kappa shape index (κ1) is 17.1. The Morgan fingerprint density at radius 2 is 1.44 bits per heavy atom. The molecular formula is C19H20N2O4. The van der Waals surface area contributed by atoms with Crippen LogP contribution in [0.15, 0.2) is 36.4 Å². The number of anilines is 2.